The van der Waals surface area contributed by atoms with Crippen LogP contribution in [0.2, 0.25) is 10.0 Å². The lowest BCUT2D eigenvalue weighted by atomic mass is 9.62. The molecule has 1 saturated heterocycles. The summed E-state index contributed by atoms with van der Waals surface area (Å²) < 4.78 is 82.6. The Labute approximate surface area is 372 Å². The first-order chi connectivity index (χ1) is 29.8. The molecule has 1 aliphatic heterocycles. The van der Waals surface area contributed by atoms with Crippen molar-refractivity contribution < 1.29 is 75.2 Å². The molecule has 0 aromatic heterocycles. The van der Waals surface area contributed by atoms with E-state index in [1.165, 1.54) is 55.6 Å². The lowest BCUT2D eigenvalue weighted by molar-refractivity contribution is -0.118. The Morgan fingerprint density at radius 3 is 2.16 bits per heavy atom. The van der Waals surface area contributed by atoms with E-state index < -0.39 is 73.1 Å². The number of carbonyl (C=O) groups is 3. The standard InChI is InChI=1S/C41H48Cl2F2N3O14P/c1-40(2,3)22-33-41(23-46,28-10-9-26(42)21-30(28)44)34(27-6-5-7-29(43)35(27)45)36(48-33)37(49)47-31-11-8-25(20-32(31)55-4)38(50)60-24-61-39(51)59-18-16-57-14-12-56-13-15-58-17-19-62-63(52,53)54/h5-11,20-21,33-34,36,48H,12-19,22,24H2,1-4H3,(H,47,49)(H2,52,53,54)/t33-,34?,36+,41-/m0/s1. The molecule has 4 atom stereocenters. The number of phosphoric ester groups is 1. The zero-order chi connectivity index (χ0) is 46.4. The van der Waals surface area contributed by atoms with Gasteiger partial charge in [0.1, 0.15) is 29.4 Å². The predicted octanol–water partition coefficient (Wildman–Crippen LogP) is 6.67. The molecule has 1 heterocycles. The van der Waals surface area contributed by atoms with Gasteiger partial charge in [-0.25, -0.2) is 22.9 Å². The number of rotatable bonds is 22. The van der Waals surface area contributed by atoms with Crippen LogP contribution in [0.5, 0.6) is 5.75 Å². The maximum atomic E-state index is 16.1. The van der Waals surface area contributed by atoms with Gasteiger partial charge in [0.25, 0.3) is 0 Å². The second kappa shape index (κ2) is 23.5. The summed E-state index contributed by atoms with van der Waals surface area (Å²) in [6.45, 7) is 5.18. The summed E-state index contributed by atoms with van der Waals surface area (Å²) in [5.41, 5.74) is -2.47. The van der Waals surface area contributed by atoms with E-state index >= 15 is 8.78 Å². The van der Waals surface area contributed by atoms with Crippen LogP contribution >= 0.6 is 31.0 Å². The molecule has 1 fully saturated rings. The van der Waals surface area contributed by atoms with Crippen LogP contribution in [0.4, 0.5) is 19.3 Å². The fourth-order valence-corrected chi connectivity index (χ4v) is 7.54. The van der Waals surface area contributed by atoms with Crippen LogP contribution < -0.4 is 15.4 Å². The van der Waals surface area contributed by atoms with Crippen LogP contribution in [0.1, 0.15) is 54.6 Å². The zero-order valence-corrected chi connectivity index (χ0v) is 37.1. The fourth-order valence-electron chi connectivity index (χ4n) is 6.89. The maximum absolute atomic E-state index is 16.1. The molecule has 4 N–H and O–H groups in total. The number of nitrogens with zero attached hydrogens (tertiary/aromatic N) is 1. The Bertz CT molecular complexity index is 2150. The van der Waals surface area contributed by atoms with Crippen molar-refractivity contribution in [2.45, 2.75) is 50.6 Å². The monoisotopic (exact) mass is 945 g/mol. The Hall–Kier alpha value is -4.45. The summed E-state index contributed by atoms with van der Waals surface area (Å²) >= 11 is 12.3. The molecule has 344 valence electrons. The van der Waals surface area contributed by atoms with E-state index in [1.54, 1.807) is 0 Å². The molecule has 0 radical (unpaired) electrons. The number of benzene rings is 3. The third-order valence-corrected chi connectivity index (χ3v) is 10.5. The zero-order valence-electron chi connectivity index (χ0n) is 34.7. The summed E-state index contributed by atoms with van der Waals surface area (Å²) in [6, 6.07) is 12.0. The number of hydrogen-bond donors (Lipinski definition) is 4. The summed E-state index contributed by atoms with van der Waals surface area (Å²) in [5, 5.41) is 16.9. The van der Waals surface area contributed by atoms with Crippen LogP contribution in [0.3, 0.4) is 0 Å². The average molecular weight is 947 g/mol. The van der Waals surface area contributed by atoms with E-state index in [1.807, 2.05) is 20.8 Å². The van der Waals surface area contributed by atoms with Gasteiger partial charge >= 0.3 is 19.9 Å². The molecule has 17 nitrogen and oxygen atoms in total. The van der Waals surface area contributed by atoms with Crippen LogP contribution in [0.15, 0.2) is 54.6 Å². The van der Waals surface area contributed by atoms with Gasteiger partial charge in [-0.05, 0) is 53.8 Å². The van der Waals surface area contributed by atoms with Crippen molar-refractivity contribution in [1.82, 2.24) is 5.32 Å². The smallest absolute Gasteiger partial charge is 0.495 e. The third kappa shape index (κ3) is 14.5. The molecule has 3 aromatic rings. The largest absolute Gasteiger partial charge is 0.511 e. The Morgan fingerprint density at radius 2 is 1.56 bits per heavy atom. The molecule has 0 aliphatic carbocycles. The van der Waals surface area contributed by atoms with E-state index in [-0.39, 0.29) is 97.4 Å². The molecule has 4 rings (SSSR count). The number of methoxy groups -OCH3 is 1. The van der Waals surface area contributed by atoms with Crippen LogP contribution in [-0.2, 0) is 47.7 Å². The number of halogens is 4. The highest BCUT2D eigenvalue weighted by Gasteiger charge is 2.61. The maximum Gasteiger partial charge on any atom is 0.511 e. The topological polar surface area (TPSA) is 230 Å². The highest BCUT2D eigenvalue weighted by Crippen LogP contribution is 2.53. The van der Waals surface area contributed by atoms with Gasteiger partial charge in [-0.15, -0.1) is 0 Å². The Kier molecular flexibility index (Phi) is 19.1. The van der Waals surface area contributed by atoms with E-state index in [2.05, 4.69) is 21.2 Å². The van der Waals surface area contributed by atoms with Gasteiger partial charge in [-0.2, -0.15) is 5.26 Å². The van der Waals surface area contributed by atoms with Crippen LogP contribution in [0.25, 0.3) is 0 Å². The first kappa shape index (κ1) is 51.2. The normalized spacial score (nSPS) is 18.7. The Morgan fingerprint density at radius 1 is 0.905 bits per heavy atom. The van der Waals surface area contributed by atoms with E-state index in [0.717, 1.165) is 6.07 Å². The van der Waals surface area contributed by atoms with E-state index in [0.29, 0.717) is 0 Å². The van der Waals surface area contributed by atoms with Gasteiger partial charge in [-0.1, -0.05) is 62.2 Å². The fraction of sp³-hybridized carbons (Fsp3) is 0.463. The highest BCUT2D eigenvalue weighted by molar-refractivity contribution is 7.46. The number of esters is 1. The van der Waals surface area contributed by atoms with Gasteiger partial charge in [0.15, 0.2) is 0 Å². The van der Waals surface area contributed by atoms with Crippen molar-refractivity contribution in [2.24, 2.45) is 5.41 Å². The molecule has 0 bridgehead atoms. The second-order valence-corrected chi connectivity index (χ2v) is 17.1. The average Bonchev–Trinajstić information content (AvgIpc) is 3.53. The SMILES string of the molecule is COc1cc(C(=O)OCOC(=O)OCCOCCOCCOCCOP(=O)(O)O)ccc1NC(=O)[C@@H]1N[C@@H](CC(C)(C)C)[C@](C#N)(c2ccc(Cl)cc2F)C1c1cccc(Cl)c1F. The molecule has 63 heavy (non-hydrogen) atoms. The van der Waals surface area contributed by atoms with Crippen LogP contribution in [-0.4, -0.2) is 107 Å². The summed E-state index contributed by atoms with van der Waals surface area (Å²) in [7, 11) is -3.25. The van der Waals surface area contributed by atoms with Gasteiger partial charge < -0.3 is 53.6 Å². The quantitative estimate of drug-likeness (QED) is 0.0357. The van der Waals surface area contributed by atoms with E-state index in [4.69, 9.17) is 66.1 Å². The predicted molar refractivity (Wildman–Crippen MR) is 222 cm³/mol. The highest BCUT2D eigenvalue weighted by atomic mass is 35.5. The molecule has 3 aromatic carbocycles. The minimum absolute atomic E-state index is 0.00367. The van der Waals surface area contributed by atoms with E-state index in [9.17, 15) is 24.2 Å². The minimum atomic E-state index is -4.53. The minimum Gasteiger partial charge on any atom is -0.495 e. The molecular formula is C41H48Cl2F2N3O14P. The van der Waals surface area contributed by atoms with Crippen molar-refractivity contribution in [3.63, 3.8) is 0 Å². The number of amides is 1. The Balaban J connectivity index is 1.36. The molecule has 22 heteroatoms. The third-order valence-electron chi connectivity index (χ3n) is 9.47. The number of anilines is 1. The summed E-state index contributed by atoms with van der Waals surface area (Å²) in [5.74, 6) is -4.68. The van der Waals surface area contributed by atoms with Gasteiger partial charge in [0, 0.05) is 22.5 Å². The number of nitriles is 1. The van der Waals surface area contributed by atoms with Crippen molar-refractivity contribution in [3.05, 3.63) is 93.0 Å². The van der Waals surface area contributed by atoms with Gasteiger partial charge in [0.2, 0.25) is 12.7 Å². The number of nitrogens with one attached hydrogen (secondary N) is 2. The van der Waals surface area contributed by atoms with Crippen LogP contribution in [0, 0.1) is 28.4 Å². The second-order valence-electron chi connectivity index (χ2n) is 15.0. The molecule has 0 saturated carbocycles. The number of hydrogen-bond acceptors (Lipinski definition) is 14. The number of carbonyl (C=O) groups excluding carboxylic acids is 3. The van der Waals surface area contributed by atoms with Crippen molar-refractivity contribution in [3.8, 4) is 11.8 Å². The molecule has 1 unspecified atom stereocenters. The lowest BCUT2D eigenvalue weighted by Gasteiger charge is -2.37. The molecule has 1 aliphatic rings. The van der Waals surface area contributed by atoms with Crippen molar-refractivity contribution >= 4 is 54.7 Å². The molecule has 0 spiro atoms. The summed E-state index contributed by atoms with van der Waals surface area (Å²) in [6.07, 6.45) is -0.887. The number of ether oxygens (including phenoxy) is 7. The first-order valence-corrected chi connectivity index (χ1v) is 21.6. The first-order valence-electron chi connectivity index (χ1n) is 19.3. The van der Waals surface area contributed by atoms with Gasteiger partial charge in [-0.3, -0.25) is 9.32 Å². The number of phosphoric acid groups is 1. The summed E-state index contributed by atoms with van der Waals surface area (Å²) in [4.78, 5) is 56.3. The molecular weight excluding hydrogens is 898 g/mol. The lowest BCUT2D eigenvalue weighted by Crippen LogP contribution is -2.45. The van der Waals surface area contributed by atoms with Gasteiger partial charge in [0.05, 0.1) is 81.7 Å². The molecule has 1 amide bonds. The van der Waals surface area contributed by atoms with Crippen molar-refractivity contribution in [1.29, 1.82) is 5.26 Å². The van der Waals surface area contributed by atoms with Crippen molar-refractivity contribution in [2.75, 3.05) is 72.1 Å².